The highest BCUT2D eigenvalue weighted by molar-refractivity contribution is 5.80. The number of aliphatic hydroxyl groups is 1. The van der Waals surface area contributed by atoms with Crippen molar-refractivity contribution in [1.82, 2.24) is 15.0 Å². The molecule has 0 spiro atoms. The van der Waals surface area contributed by atoms with Gasteiger partial charge < -0.3 is 25.5 Å². The third-order valence-corrected chi connectivity index (χ3v) is 4.53. The molecule has 0 aliphatic carbocycles. The number of rotatable bonds is 7. The summed E-state index contributed by atoms with van der Waals surface area (Å²) in [5.41, 5.74) is 3.19. The quantitative estimate of drug-likeness (QED) is 0.521. The van der Waals surface area contributed by atoms with Gasteiger partial charge in [0.15, 0.2) is 0 Å². The Hall–Kier alpha value is -2.64. The molecule has 1 aromatic carbocycles. The van der Waals surface area contributed by atoms with Crippen molar-refractivity contribution < 1.29 is 9.84 Å². The topological polar surface area (TPSA) is 95.1 Å². The van der Waals surface area contributed by atoms with Crippen LogP contribution in [0.15, 0.2) is 36.4 Å². The van der Waals surface area contributed by atoms with Crippen molar-refractivity contribution in [2.75, 3.05) is 37.0 Å². The van der Waals surface area contributed by atoms with Crippen molar-refractivity contribution in [3.63, 3.8) is 0 Å². The van der Waals surface area contributed by atoms with Crippen molar-refractivity contribution in [3.8, 4) is 0 Å². The maximum atomic E-state index is 9.04. The Bertz CT molecular complexity index is 840. The summed E-state index contributed by atoms with van der Waals surface area (Å²) in [6.45, 7) is 2.57. The van der Waals surface area contributed by atoms with E-state index in [9.17, 15) is 0 Å². The number of hydrogen-bond donors (Lipinski definition) is 4. The van der Waals surface area contributed by atoms with Crippen molar-refractivity contribution in [3.05, 3.63) is 47.8 Å². The summed E-state index contributed by atoms with van der Waals surface area (Å²) >= 11 is 0. The minimum Gasteiger partial charge on any atom is -0.395 e. The Balaban J connectivity index is 1.52. The molecule has 1 aliphatic heterocycles. The second-order valence-corrected chi connectivity index (χ2v) is 6.45. The zero-order chi connectivity index (χ0) is 17.8. The van der Waals surface area contributed by atoms with Gasteiger partial charge in [-0.3, -0.25) is 0 Å². The Morgan fingerprint density at radius 3 is 2.92 bits per heavy atom. The lowest BCUT2D eigenvalue weighted by atomic mass is 10.0. The fraction of sp³-hybridized carbons (Fsp3) is 0.368. The molecule has 1 saturated heterocycles. The number of para-hydroxylation sites is 1. The van der Waals surface area contributed by atoms with Gasteiger partial charge in [0, 0.05) is 36.3 Å². The highest BCUT2D eigenvalue weighted by Gasteiger charge is 2.20. The largest absolute Gasteiger partial charge is 0.395 e. The normalized spacial score (nSPS) is 16.9. The van der Waals surface area contributed by atoms with Crippen molar-refractivity contribution in [1.29, 1.82) is 0 Å². The lowest BCUT2D eigenvalue weighted by Gasteiger charge is -2.13. The summed E-state index contributed by atoms with van der Waals surface area (Å²) in [5.74, 6) is 1.59. The Kier molecular flexibility index (Phi) is 4.99. The SMILES string of the molecule is OCCNc1nc(NCc2cc3ccccc3[nH]2)cc([C@@H]2CCOC2)n1. The number of benzene rings is 1. The number of H-pyrrole nitrogens is 1. The fourth-order valence-corrected chi connectivity index (χ4v) is 3.19. The molecule has 1 atom stereocenters. The third-order valence-electron chi connectivity index (χ3n) is 4.53. The number of aliphatic hydroxyl groups excluding tert-OH is 1. The van der Waals surface area contributed by atoms with Crippen LogP contribution >= 0.6 is 0 Å². The zero-order valence-electron chi connectivity index (χ0n) is 14.5. The number of nitrogens with zero attached hydrogens (tertiary/aromatic N) is 2. The highest BCUT2D eigenvalue weighted by atomic mass is 16.5. The predicted molar refractivity (Wildman–Crippen MR) is 101 cm³/mol. The van der Waals surface area contributed by atoms with Crippen LogP contribution in [0.4, 0.5) is 11.8 Å². The second kappa shape index (κ2) is 7.72. The first-order valence-corrected chi connectivity index (χ1v) is 8.94. The smallest absolute Gasteiger partial charge is 0.224 e. The summed E-state index contributed by atoms with van der Waals surface area (Å²) in [4.78, 5) is 12.5. The molecule has 4 rings (SSSR count). The van der Waals surface area contributed by atoms with Gasteiger partial charge in [0.1, 0.15) is 5.82 Å². The van der Waals surface area contributed by atoms with E-state index in [1.165, 1.54) is 5.39 Å². The minimum absolute atomic E-state index is 0.0396. The summed E-state index contributed by atoms with van der Waals surface area (Å²) in [7, 11) is 0. The van der Waals surface area contributed by atoms with E-state index in [0.717, 1.165) is 35.8 Å². The van der Waals surface area contributed by atoms with Crippen LogP contribution in [-0.2, 0) is 11.3 Å². The van der Waals surface area contributed by atoms with Gasteiger partial charge in [0.05, 0.1) is 25.5 Å². The third kappa shape index (κ3) is 3.79. The van der Waals surface area contributed by atoms with E-state index in [0.29, 0.717) is 31.6 Å². The molecule has 7 nitrogen and oxygen atoms in total. The number of aromatic nitrogens is 3. The van der Waals surface area contributed by atoms with E-state index < -0.39 is 0 Å². The first kappa shape index (κ1) is 16.8. The molecule has 0 amide bonds. The maximum absolute atomic E-state index is 9.04. The molecule has 7 heteroatoms. The Morgan fingerprint density at radius 2 is 2.12 bits per heavy atom. The fourth-order valence-electron chi connectivity index (χ4n) is 3.19. The minimum atomic E-state index is 0.0396. The van der Waals surface area contributed by atoms with Crippen LogP contribution in [0.3, 0.4) is 0 Å². The van der Waals surface area contributed by atoms with E-state index in [-0.39, 0.29) is 6.61 Å². The Labute approximate surface area is 151 Å². The van der Waals surface area contributed by atoms with Gasteiger partial charge in [-0.25, -0.2) is 4.98 Å². The molecule has 1 fully saturated rings. The molecule has 4 N–H and O–H groups in total. The summed E-state index contributed by atoms with van der Waals surface area (Å²) in [6.07, 6.45) is 0.970. The molecule has 3 heterocycles. The number of fused-ring (bicyclic) bond motifs is 1. The highest BCUT2D eigenvalue weighted by Crippen LogP contribution is 2.26. The number of anilines is 2. The maximum Gasteiger partial charge on any atom is 0.224 e. The summed E-state index contributed by atoms with van der Waals surface area (Å²) < 4.78 is 5.49. The molecule has 0 bridgehead atoms. The van der Waals surface area contributed by atoms with Gasteiger partial charge in [-0.15, -0.1) is 0 Å². The molecule has 2 aromatic heterocycles. The molecular formula is C19H23N5O2. The Morgan fingerprint density at radius 1 is 1.19 bits per heavy atom. The lowest BCUT2D eigenvalue weighted by molar-refractivity contribution is 0.193. The number of nitrogens with one attached hydrogen (secondary N) is 3. The standard InChI is InChI=1S/C19H23N5O2/c25-7-6-20-19-23-17(14-5-8-26-12-14)10-18(24-19)21-11-15-9-13-3-1-2-4-16(13)22-15/h1-4,9-10,14,22,25H,5-8,11-12H2,(H2,20,21,23,24)/t14-/m1/s1. The van der Waals surface area contributed by atoms with Crippen LogP contribution in [0.5, 0.6) is 0 Å². The van der Waals surface area contributed by atoms with Crippen molar-refractivity contribution in [2.24, 2.45) is 0 Å². The summed E-state index contributed by atoms with van der Waals surface area (Å²) in [6, 6.07) is 12.3. The average Bonchev–Trinajstić information content (AvgIpc) is 3.34. The first-order valence-electron chi connectivity index (χ1n) is 8.94. The van der Waals surface area contributed by atoms with Crippen LogP contribution in [-0.4, -0.2) is 46.4 Å². The van der Waals surface area contributed by atoms with Gasteiger partial charge in [0.2, 0.25) is 5.95 Å². The molecular weight excluding hydrogens is 330 g/mol. The van der Waals surface area contributed by atoms with Gasteiger partial charge >= 0.3 is 0 Å². The number of aromatic amines is 1. The zero-order valence-corrected chi connectivity index (χ0v) is 14.5. The molecule has 136 valence electrons. The second-order valence-electron chi connectivity index (χ2n) is 6.45. The van der Waals surface area contributed by atoms with E-state index in [2.05, 4.69) is 43.8 Å². The van der Waals surface area contributed by atoms with E-state index in [1.54, 1.807) is 0 Å². The van der Waals surface area contributed by atoms with Crippen molar-refractivity contribution >= 4 is 22.7 Å². The van der Waals surface area contributed by atoms with Crippen molar-refractivity contribution in [2.45, 2.75) is 18.9 Å². The molecule has 0 radical (unpaired) electrons. The van der Waals surface area contributed by atoms with Crippen LogP contribution in [0.25, 0.3) is 10.9 Å². The van der Waals surface area contributed by atoms with Gasteiger partial charge in [-0.2, -0.15) is 4.98 Å². The van der Waals surface area contributed by atoms with Crippen LogP contribution in [0, 0.1) is 0 Å². The lowest BCUT2D eigenvalue weighted by Crippen LogP contribution is -2.13. The van der Waals surface area contributed by atoms with E-state index >= 15 is 0 Å². The predicted octanol–water partition coefficient (Wildman–Crippen LogP) is 2.48. The molecule has 0 saturated carbocycles. The molecule has 0 unspecified atom stereocenters. The van der Waals surface area contributed by atoms with Crippen LogP contribution in [0.1, 0.15) is 23.7 Å². The van der Waals surface area contributed by atoms with Gasteiger partial charge in [0.25, 0.3) is 0 Å². The average molecular weight is 353 g/mol. The molecule has 3 aromatic rings. The van der Waals surface area contributed by atoms with Gasteiger partial charge in [-0.1, -0.05) is 18.2 Å². The number of hydrogen-bond acceptors (Lipinski definition) is 6. The molecule has 26 heavy (non-hydrogen) atoms. The molecule has 1 aliphatic rings. The van der Waals surface area contributed by atoms with E-state index in [1.807, 2.05) is 18.2 Å². The first-order chi connectivity index (χ1) is 12.8. The van der Waals surface area contributed by atoms with Gasteiger partial charge in [-0.05, 0) is 23.9 Å². The van der Waals surface area contributed by atoms with Crippen LogP contribution in [0.2, 0.25) is 0 Å². The van der Waals surface area contributed by atoms with Crippen LogP contribution < -0.4 is 10.6 Å². The monoisotopic (exact) mass is 353 g/mol. The number of ether oxygens (including phenoxy) is 1. The summed E-state index contributed by atoms with van der Waals surface area (Å²) in [5, 5.41) is 16.7. The van der Waals surface area contributed by atoms with E-state index in [4.69, 9.17) is 9.84 Å².